The largest absolute Gasteiger partial charge is 0.351 e. The summed E-state index contributed by atoms with van der Waals surface area (Å²) in [6, 6.07) is 12.6. The molecule has 2 aromatic heterocycles. The number of fused-ring (bicyclic) bond motifs is 1. The fourth-order valence-corrected chi connectivity index (χ4v) is 4.55. The van der Waals surface area contributed by atoms with Gasteiger partial charge < -0.3 is 10.3 Å². The van der Waals surface area contributed by atoms with Gasteiger partial charge >= 0.3 is 0 Å². The average molecular weight is 514 g/mol. The summed E-state index contributed by atoms with van der Waals surface area (Å²) in [7, 11) is -4.15. The predicted octanol–water partition coefficient (Wildman–Crippen LogP) is 2.24. The maximum absolute atomic E-state index is 12.6. The fourth-order valence-electron chi connectivity index (χ4n) is 3.28. The summed E-state index contributed by atoms with van der Waals surface area (Å²) in [6.45, 7) is 1.41. The number of nitrogens with one attached hydrogen (secondary N) is 3. The van der Waals surface area contributed by atoms with Crippen LogP contribution in [0.1, 0.15) is 17.3 Å². The Morgan fingerprint density at radius 1 is 1.14 bits per heavy atom. The molecule has 12 heteroatoms. The molecule has 1 unspecified atom stereocenters. The van der Waals surface area contributed by atoms with Crippen molar-refractivity contribution in [3.8, 4) is 5.69 Å². The van der Waals surface area contributed by atoms with Crippen molar-refractivity contribution < 1.29 is 18.0 Å². The van der Waals surface area contributed by atoms with Crippen LogP contribution in [-0.4, -0.2) is 41.3 Å². The van der Waals surface area contributed by atoms with Crippen molar-refractivity contribution in [1.82, 2.24) is 24.6 Å². The van der Waals surface area contributed by atoms with Crippen molar-refractivity contribution >= 4 is 44.3 Å². The van der Waals surface area contributed by atoms with E-state index >= 15 is 0 Å². The molecule has 2 aromatic carbocycles. The first-order valence-corrected chi connectivity index (χ1v) is 12.3. The lowest BCUT2D eigenvalue weighted by Gasteiger charge is -2.13. The van der Waals surface area contributed by atoms with Gasteiger partial charge in [-0.25, -0.2) is 4.72 Å². The van der Waals surface area contributed by atoms with Crippen molar-refractivity contribution in [2.24, 2.45) is 5.92 Å². The molecule has 0 fully saturated rings. The summed E-state index contributed by atoms with van der Waals surface area (Å²) >= 11 is 5.93. The maximum Gasteiger partial charge on any atom is 0.279 e. The molecule has 35 heavy (non-hydrogen) atoms. The molecular formula is C23H20ClN5O5S. The van der Waals surface area contributed by atoms with Crippen molar-refractivity contribution in [3.63, 3.8) is 0 Å². The van der Waals surface area contributed by atoms with E-state index in [1.54, 1.807) is 30.3 Å². The number of carbonyl (C=O) groups is 2. The van der Waals surface area contributed by atoms with Crippen LogP contribution in [0, 0.1) is 5.92 Å². The molecule has 0 aliphatic heterocycles. The highest BCUT2D eigenvalue weighted by Gasteiger charge is 2.24. The summed E-state index contributed by atoms with van der Waals surface area (Å²) < 4.78 is 28.6. The lowest BCUT2D eigenvalue weighted by molar-refractivity contribution is -0.122. The average Bonchev–Trinajstić information content (AvgIpc) is 3.27. The van der Waals surface area contributed by atoms with Crippen LogP contribution in [-0.2, 0) is 14.8 Å². The Hall–Kier alpha value is -3.96. The molecule has 3 N–H and O–H groups in total. The number of H-pyrrole nitrogens is 1. The number of halogens is 1. The van der Waals surface area contributed by atoms with Crippen LogP contribution in [0.4, 0.5) is 0 Å². The van der Waals surface area contributed by atoms with E-state index in [1.807, 2.05) is 4.72 Å². The van der Waals surface area contributed by atoms with Crippen LogP contribution in [0.25, 0.3) is 16.6 Å². The Balaban J connectivity index is 1.36. The second-order valence-corrected chi connectivity index (χ2v) is 9.86. The first-order valence-electron chi connectivity index (χ1n) is 10.4. The smallest absolute Gasteiger partial charge is 0.279 e. The van der Waals surface area contributed by atoms with E-state index < -0.39 is 27.8 Å². The Morgan fingerprint density at radius 3 is 2.60 bits per heavy atom. The lowest BCUT2D eigenvalue weighted by atomic mass is 10.1. The molecule has 0 aliphatic rings. The second-order valence-electron chi connectivity index (χ2n) is 7.78. The first kappa shape index (κ1) is 24.2. The quantitative estimate of drug-likeness (QED) is 0.346. The van der Waals surface area contributed by atoms with Crippen molar-refractivity contribution in [2.45, 2.75) is 11.9 Å². The number of amides is 2. The normalized spacial score (nSPS) is 12.3. The highest BCUT2D eigenvalue weighted by molar-refractivity contribution is 7.90. The van der Waals surface area contributed by atoms with Crippen LogP contribution in [0.5, 0.6) is 0 Å². The number of rotatable bonds is 7. The van der Waals surface area contributed by atoms with Crippen LogP contribution in [0.15, 0.2) is 76.9 Å². The van der Waals surface area contributed by atoms with Crippen molar-refractivity contribution in [3.05, 3.63) is 88.1 Å². The molecule has 0 saturated heterocycles. The third-order valence-corrected chi connectivity index (χ3v) is 6.74. The molecule has 0 spiro atoms. The summed E-state index contributed by atoms with van der Waals surface area (Å²) in [4.78, 5) is 43.3. The van der Waals surface area contributed by atoms with Gasteiger partial charge in [0, 0.05) is 46.1 Å². The number of hydrogen-bond acceptors (Lipinski definition) is 6. The van der Waals surface area contributed by atoms with Gasteiger partial charge in [0.2, 0.25) is 5.91 Å². The molecule has 0 saturated carbocycles. The molecular weight excluding hydrogens is 494 g/mol. The van der Waals surface area contributed by atoms with E-state index in [2.05, 4.69) is 15.3 Å². The summed E-state index contributed by atoms with van der Waals surface area (Å²) in [6.07, 6.45) is 4.17. The van der Waals surface area contributed by atoms with E-state index in [-0.39, 0.29) is 17.1 Å². The van der Waals surface area contributed by atoms with Gasteiger partial charge in [-0.3, -0.25) is 23.9 Å². The molecule has 4 aromatic rings. The fraction of sp³-hybridized carbons (Fsp3) is 0.130. The van der Waals surface area contributed by atoms with E-state index in [4.69, 9.17) is 11.6 Å². The number of nitrogens with zero attached hydrogens (tertiary/aromatic N) is 2. The van der Waals surface area contributed by atoms with Gasteiger partial charge in [0.25, 0.3) is 21.5 Å². The monoisotopic (exact) mass is 513 g/mol. The van der Waals surface area contributed by atoms with E-state index in [0.717, 1.165) is 0 Å². The van der Waals surface area contributed by atoms with Crippen molar-refractivity contribution in [1.29, 1.82) is 0 Å². The van der Waals surface area contributed by atoms with Crippen LogP contribution < -0.4 is 15.6 Å². The molecule has 0 bridgehead atoms. The van der Waals surface area contributed by atoms with Gasteiger partial charge in [0.15, 0.2) is 5.03 Å². The topological polar surface area (TPSA) is 143 Å². The highest BCUT2D eigenvalue weighted by atomic mass is 35.5. The zero-order chi connectivity index (χ0) is 25.2. The Labute approximate surface area is 205 Å². The van der Waals surface area contributed by atoms with Gasteiger partial charge in [-0.05, 0) is 42.5 Å². The molecule has 0 radical (unpaired) electrons. The first-order chi connectivity index (χ1) is 16.6. The minimum Gasteiger partial charge on any atom is -0.351 e. The second kappa shape index (κ2) is 9.72. The molecule has 0 aliphatic carbocycles. The third-order valence-electron chi connectivity index (χ3n) is 5.23. The van der Waals surface area contributed by atoms with E-state index in [9.17, 15) is 22.8 Å². The zero-order valence-electron chi connectivity index (χ0n) is 18.4. The molecule has 1 atom stereocenters. The van der Waals surface area contributed by atoms with Gasteiger partial charge in [0.05, 0.1) is 12.1 Å². The number of aromatic nitrogens is 3. The number of benzene rings is 2. The SMILES string of the molecule is CC(CNC(=O)c1ccc(-n2ccncc2=O)cc1)C(=O)NS(=O)(=O)c1cc2ccc(Cl)cc2[nH]1. The standard InChI is InChI=1S/C23H20ClN5O5S/c1-14(22(31)28-35(33,34)20-10-16-2-5-17(24)11-19(16)27-20)12-26-23(32)15-3-6-18(7-4-15)29-9-8-25-13-21(29)30/h2-11,13-14,27H,12H2,1H3,(H,26,32)(H,28,31). The molecule has 180 valence electrons. The van der Waals surface area contributed by atoms with Crippen LogP contribution in [0.2, 0.25) is 5.02 Å². The number of aromatic amines is 1. The number of hydrogen-bond donors (Lipinski definition) is 3. The summed E-state index contributed by atoms with van der Waals surface area (Å²) in [5.74, 6) is -2.05. The highest BCUT2D eigenvalue weighted by Crippen LogP contribution is 2.22. The van der Waals surface area contributed by atoms with Gasteiger partial charge in [-0.2, -0.15) is 8.42 Å². The Bertz CT molecular complexity index is 1580. The maximum atomic E-state index is 12.6. The number of sulfonamides is 1. The van der Waals surface area contributed by atoms with Gasteiger partial charge in [0.1, 0.15) is 0 Å². The Morgan fingerprint density at radius 2 is 1.89 bits per heavy atom. The molecule has 10 nitrogen and oxygen atoms in total. The predicted molar refractivity (Wildman–Crippen MR) is 130 cm³/mol. The van der Waals surface area contributed by atoms with Crippen LogP contribution >= 0.6 is 11.6 Å². The molecule has 2 heterocycles. The van der Waals surface area contributed by atoms with E-state index in [1.165, 1.54) is 48.3 Å². The zero-order valence-corrected chi connectivity index (χ0v) is 19.9. The van der Waals surface area contributed by atoms with Crippen molar-refractivity contribution in [2.75, 3.05) is 6.54 Å². The minimum absolute atomic E-state index is 0.0892. The molecule has 4 rings (SSSR count). The summed E-state index contributed by atoms with van der Waals surface area (Å²) in [5.41, 5.74) is 1.08. The van der Waals surface area contributed by atoms with Gasteiger partial charge in [-0.1, -0.05) is 24.6 Å². The number of carbonyl (C=O) groups excluding carboxylic acids is 2. The molecule has 2 amide bonds. The summed E-state index contributed by atoms with van der Waals surface area (Å²) in [5, 5.41) is 3.50. The van der Waals surface area contributed by atoms with Gasteiger partial charge in [-0.15, -0.1) is 0 Å². The third kappa shape index (κ3) is 5.42. The lowest BCUT2D eigenvalue weighted by Crippen LogP contribution is -2.40. The van der Waals surface area contributed by atoms with E-state index in [0.29, 0.717) is 27.2 Å². The minimum atomic E-state index is -4.15. The van der Waals surface area contributed by atoms with Crippen LogP contribution in [0.3, 0.4) is 0 Å². The Kier molecular flexibility index (Phi) is 6.72.